The van der Waals surface area contributed by atoms with Crippen molar-refractivity contribution in [2.45, 2.75) is 17.9 Å². The van der Waals surface area contributed by atoms with Crippen molar-refractivity contribution in [2.24, 2.45) is 0 Å². The lowest BCUT2D eigenvalue weighted by atomic mass is 10.2. The van der Waals surface area contributed by atoms with E-state index in [1.165, 1.54) is 6.07 Å². The summed E-state index contributed by atoms with van der Waals surface area (Å²) < 4.78 is 12.7. The highest BCUT2D eigenvalue weighted by atomic mass is 35.5. The molecule has 3 heteroatoms. The zero-order valence-corrected chi connectivity index (χ0v) is 9.04. The van der Waals surface area contributed by atoms with E-state index in [0.29, 0.717) is 11.1 Å². The van der Waals surface area contributed by atoms with Gasteiger partial charge in [0.05, 0.1) is 0 Å². The van der Waals surface area contributed by atoms with Crippen LogP contribution in [0.3, 0.4) is 0 Å². The topological polar surface area (TPSA) is 0 Å². The van der Waals surface area contributed by atoms with E-state index >= 15 is 0 Å². The third-order valence-electron chi connectivity index (χ3n) is 1.64. The largest absolute Gasteiger partial charge is 0.207 e. The lowest BCUT2D eigenvalue weighted by Gasteiger charge is -2.06. The molecule has 0 radical (unpaired) electrons. The number of halogens is 2. The lowest BCUT2D eigenvalue weighted by molar-refractivity contribution is 0.626. The summed E-state index contributed by atoms with van der Waals surface area (Å²) in [5.74, 6) is 1.29. The summed E-state index contributed by atoms with van der Waals surface area (Å²) in [6.45, 7) is 2.07. The summed E-state index contributed by atoms with van der Waals surface area (Å²) in [6.07, 6.45) is 0. The Hall–Kier alpha value is -0.210. The Kier molecular flexibility index (Phi) is 4.60. The maximum atomic E-state index is 12.7. The molecular formula is C10H12ClFS. The van der Waals surface area contributed by atoms with Crippen LogP contribution in [0.1, 0.15) is 12.5 Å². The summed E-state index contributed by atoms with van der Waals surface area (Å²) >= 11 is 7.39. The van der Waals surface area contributed by atoms with Crippen molar-refractivity contribution in [3.63, 3.8) is 0 Å². The minimum absolute atomic E-state index is 0.170. The highest BCUT2D eigenvalue weighted by Gasteiger charge is 2.01. The van der Waals surface area contributed by atoms with Crippen LogP contribution in [0.15, 0.2) is 24.3 Å². The molecule has 0 N–H and O–H groups in total. The first kappa shape index (κ1) is 10.9. The molecule has 0 saturated heterocycles. The van der Waals surface area contributed by atoms with Gasteiger partial charge in [-0.2, -0.15) is 11.8 Å². The number of hydrogen-bond acceptors (Lipinski definition) is 1. The van der Waals surface area contributed by atoms with E-state index in [9.17, 15) is 4.39 Å². The first-order valence-corrected chi connectivity index (χ1v) is 5.72. The SMILES string of the molecule is CC(CCl)SCc1cccc(F)c1. The molecule has 0 heterocycles. The number of hydrogen-bond donors (Lipinski definition) is 0. The minimum Gasteiger partial charge on any atom is -0.207 e. The maximum Gasteiger partial charge on any atom is 0.123 e. The van der Waals surface area contributed by atoms with Crippen LogP contribution in [-0.4, -0.2) is 11.1 Å². The zero-order valence-electron chi connectivity index (χ0n) is 7.47. The minimum atomic E-state index is -0.170. The van der Waals surface area contributed by atoms with E-state index in [0.717, 1.165) is 11.3 Å². The van der Waals surface area contributed by atoms with Gasteiger partial charge in [-0.1, -0.05) is 19.1 Å². The van der Waals surface area contributed by atoms with Gasteiger partial charge in [-0.05, 0) is 17.7 Å². The first-order chi connectivity index (χ1) is 6.22. The molecule has 1 aromatic carbocycles. The molecule has 0 fully saturated rings. The molecule has 0 saturated carbocycles. The second kappa shape index (κ2) is 5.51. The predicted octanol–water partition coefficient (Wildman–Crippen LogP) is 3.69. The van der Waals surface area contributed by atoms with Gasteiger partial charge in [-0.3, -0.25) is 0 Å². The van der Waals surface area contributed by atoms with E-state index in [2.05, 4.69) is 6.92 Å². The standard InChI is InChI=1S/C10H12ClFS/c1-8(6-11)13-7-9-3-2-4-10(12)5-9/h2-5,8H,6-7H2,1H3. The van der Waals surface area contributed by atoms with Crippen LogP contribution in [0, 0.1) is 5.82 Å². The maximum absolute atomic E-state index is 12.7. The summed E-state index contributed by atoms with van der Waals surface area (Å²) in [4.78, 5) is 0. The van der Waals surface area contributed by atoms with Crippen LogP contribution in [-0.2, 0) is 5.75 Å². The van der Waals surface area contributed by atoms with E-state index in [1.54, 1.807) is 23.9 Å². The molecule has 0 spiro atoms. The van der Waals surface area contributed by atoms with Crippen LogP contribution in [0.25, 0.3) is 0 Å². The summed E-state index contributed by atoms with van der Waals surface area (Å²) in [5.41, 5.74) is 1.02. The van der Waals surface area contributed by atoms with Gasteiger partial charge in [0.15, 0.2) is 0 Å². The van der Waals surface area contributed by atoms with Crippen molar-refractivity contribution in [3.05, 3.63) is 35.6 Å². The molecule has 0 aliphatic heterocycles. The van der Waals surface area contributed by atoms with Gasteiger partial charge in [0.25, 0.3) is 0 Å². The average Bonchev–Trinajstić information content (AvgIpc) is 2.14. The molecule has 0 amide bonds. The molecular weight excluding hydrogens is 207 g/mol. The van der Waals surface area contributed by atoms with Crippen molar-refractivity contribution < 1.29 is 4.39 Å². The Bertz CT molecular complexity index is 265. The molecule has 1 rings (SSSR count). The van der Waals surface area contributed by atoms with Gasteiger partial charge < -0.3 is 0 Å². The monoisotopic (exact) mass is 218 g/mol. The summed E-state index contributed by atoms with van der Waals surface area (Å²) in [5, 5.41) is 0.421. The van der Waals surface area contributed by atoms with Gasteiger partial charge in [0, 0.05) is 16.9 Å². The molecule has 72 valence electrons. The fourth-order valence-electron chi connectivity index (χ4n) is 0.910. The molecule has 0 aromatic heterocycles. The Morgan fingerprint density at radius 1 is 1.54 bits per heavy atom. The number of benzene rings is 1. The highest BCUT2D eigenvalue weighted by Crippen LogP contribution is 2.18. The van der Waals surface area contributed by atoms with Gasteiger partial charge >= 0.3 is 0 Å². The Balaban J connectivity index is 2.45. The molecule has 0 aliphatic rings. The van der Waals surface area contributed by atoms with Crippen molar-refractivity contribution in [3.8, 4) is 0 Å². The average molecular weight is 219 g/mol. The van der Waals surface area contributed by atoms with Gasteiger partial charge in [-0.15, -0.1) is 11.6 Å². The second-order valence-electron chi connectivity index (χ2n) is 2.91. The smallest absolute Gasteiger partial charge is 0.123 e. The first-order valence-electron chi connectivity index (χ1n) is 4.14. The molecule has 1 atom stereocenters. The molecule has 0 nitrogen and oxygen atoms in total. The fourth-order valence-corrected chi connectivity index (χ4v) is 1.92. The highest BCUT2D eigenvalue weighted by molar-refractivity contribution is 7.99. The van der Waals surface area contributed by atoms with Crippen LogP contribution in [0.4, 0.5) is 4.39 Å². The summed E-state index contributed by atoms with van der Waals surface area (Å²) in [7, 11) is 0. The summed E-state index contributed by atoms with van der Waals surface area (Å²) in [6, 6.07) is 6.68. The number of thioether (sulfide) groups is 1. The normalized spacial score (nSPS) is 12.8. The number of rotatable bonds is 4. The van der Waals surface area contributed by atoms with Crippen LogP contribution in [0.5, 0.6) is 0 Å². The third-order valence-corrected chi connectivity index (χ3v) is 3.52. The predicted molar refractivity (Wildman–Crippen MR) is 57.9 cm³/mol. The Morgan fingerprint density at radius 2 is 2.31 bits per heavy atom. The van der Waals surface area contributed by atoms with Crippen molar-refractivity contribution in [2.75, 3.05) is 5.88 Å². The Morgan fingerprint density at radius 3 is 2.92 bits per heavy atom. The van der Waals surface area contributed by atoms with Crippen LogP contribution in [0.2, 0.25) is 0 Å². The lowest BCUT2D eigenvalue weighted by Crippen LogP contribution is -1.97. The van der Waals surface area contributed by atoms with Gasteiger partial charge in [0.2, 0.25) is 0 Å². The van der Waals surface area contributed by atoms with Crippen molar-refractivity contribution >= 4 is 23.4 Å². The zero-order chi connectivity index (χ0) is 9.68. The van der Waals surface area contributed by atoms with Crippen LogP contribution >= 0.6 is 23.4 Å². The van der Waals surface area contributed by atoms with E-state index in [1.807, 2.05) is 6.07 Å². The van der Waals surface area contributed by atoms with Gasteiger partial charge in [0.1, 0.15) is 5.82 Å². The Labute approximate surface area is 87.5 Å². The van der Waals surface area contributed by atoms with Crippen molar-refractivity contribution in [1.29, 1.82) is 0 Å². The molecule has 13 heavy (non-hydrogen) atoms. The molecule has 1 unspecified atom stereocenters. The van der Waals surface area contributed by atoms with Crippen molar-refractivity contribution in [1.82, 2.24) is 0 Å². The van der Waals surface area contributed by atoms with E-state index < -0.39 is 0 Å². The van der Waals surface area contributed by atoms with E-state index in [4.69, 9.17) is 11.6 Å². The molecule has 0 aliphatic carbocycles. The second-order valence-corrected chi connectivity index (χ2v) is 4.64. The molecule has 0 bridgehead atoms. The van der Waals surface area contributed by atoms with E-state index in [-0.39, 0.29) is 5.82 Å². The fraction of sp³-hybridized carbons (Fsp3) is 0.400. The van der Waals surface area contributed by atoms with Crippen LogP contribution < -0.4 is 0 Å². The van der Waals surface area contributed by atoms with Gasteiger partial charge in [-0.25, -0.2) is 4.39 Å². The quantitative estimate of drug-likeness (QED) is 0.695. The molecule has 1 aromatic rings. The third kappa shape index (κ3) is 4.01. The number of alkyl halides is 1.